The predicted octanol–water partition coefficient (Wildman–Crippen LogP) is 9.51. The van der Waals surface area contributed by atoms with Crippen LogP contribution in [0.15, 0.2) is 18.2 Å². The largest absolute Gasteiger partial charge is 0.376 e. The smallest absolute Gasteiger partial charge is 0.224 e. The highest BCUT2D eigenvalue weighted by Crippen LogP contribution is 2.20. The number of unbranched alkanes of at least 4 members (excludes halogenated alkanes) is 15. The van der Waals surface area contributed by atoms with E-state index in [9.17, 15) is 4.79 Å². The van der Waals surface area contributed by atoms with E-state index in [1.807, 2.05) is 6.07 Å². The Morgan fingerprint density at radius 2 is 1.23 bits per heavy atom. The lowest BCUT2D eigenvalue weighted by Gasteiger charge is -2.14. The lowest BCUT2D eigenvalue weighted by Crippen LogP contribution is -2.23. The van der Waals surface area contributed by atoms with Gasteiger partial charge in [0.25, 0.3) is 0 Å². The van der Waals surface area contributed by atoms with E-state index in [4.69, 9.17) is 12.2 Å². The Labute approximate surface area is 222 Å². The van der Waals surface area contributed by atoms with E-state index in [-0.39, 0.29) is 5.91 Å². The molecule has 0 saturated carbocycles. The van der Waals surface area contributed by atoms with Gasteiger partial charge < -0.3 is 10.6 Å². The summed E-state index contributed by atoms with van der Waals surface area (Å²) in [6.07, 6.45) is 23.9. The van der Waals surface area contributed by atoms with Gasteiger partial charge in [-0.15, -0.1) is 0 Å². The van der Waals surface area contributed by atoms with Gasteiger partial charge in [-0.1, -0.05) is 141 Å². The number of aryl methyl sites for hydroxylation is 1. The monoisotopic (exact) mass is 502 g/mol. The number of nitrogens with one attached hydrogen (secondary N) is 2. The second kappa shape index (κ2) is 21.8. The van der Waals surface area contributed by atoms with Crippen molar-refractivity contribution < 1.29 is 4.79 Å². The Kier molecular flexibility index (Phi) is 19.7. The first-order chi connectivity index (χ1) is 17.1. The van der Waals surface area contributed by atoms with Gasteiger partial charge in [0.15, 0.2) is 0 Å². The van der Waals surface area contributed by atoms with Gasteiger partial charge in [0, 0.05) is 24.2 Å². The molecule has 0 fully saturated rings. The van der Waals surface area contributed by atoms with Crippen molar-refractivity contribution in [1.29, 1.82) is 0 Å². The minimum atomic E-state index is 0.122. The normalized spacial score (nSPS) is 10.9. The number of carbonyl (C=O) groups is 1. The zero-order valence-corrected chi connectivity index (χ0v) is 24.0. The third-order valence-corrected chi connectivity index (χ3v) is 7.23. The number of anilines is 1. The van der Waals surface area contributed by atoms with Crippen LogP contribution < -0.4 is 10.6 Å². The lowest BCUT2D eigenvalue weighted by molar-refractivity contribution is -0.116. The second-order valence-electron chi connectivity index (χ2n) is 10.1. The molecule has 0 aromatic heterocycles. The number of benzene rings is 1. The van der Waals surface area contributed by atoms with Crippen molar-refractivity contribution in [1.82, 2.24) is 5.32 Å². The minimum Gasteiger partial charge on any atom is -0.376 e. The number of rotatable bonds is 22. The van der Waals surface area contributed by atoms with Crippen molar-refractivity contribution in [2.75, 3.05) is 11.9 Å². The summed E-state index contributed by atoms with van der Waals surface area (Å²) in [5, 5.41) is 6.47. The average molecular weight is 503 g/mol. The van der Waals surface area contributed by atoms with E-state index in [2.05, 4.69) is 43.5 Å². The van der Waals surface area contributed by atoms with Gasteiger partial charge >= 0.3 is 0 Å². The summed E-state index contributed by atoms with van der Waals surface area (Å²) in [5.74, 6) is 0.122. The highest BCUT2D eigenvalue weighted by atomic mass is 32.1. The number of hydrogen-bond acceptors (Lipinski definition) is 2. The summed E-state index contributed by atoms with van der Waals surface area (Å²) in [5.41, 5.74) is 3.06. The van der Waals surface area contributed by atoms with Crippen molar-refractivity contribution in [3.05, 3.63) is 29.3 Å². The maximum Gasteiger partial charge on any atom is 0.224 e. The first kappa shape index (κ1) is 31.6. The number of carbonyl (C=O) groups excluding carboxylic acids is 1. The summed E-state index contributed by atoms with van der Waals surface area (Å²) in [4.78, 5) is 13.3. The molecule has 0 aliphatic carbocycles. The fraction of sp³-hybridized carbons (Fsp3) is 0.742. The van der Waals surface area contributed by atoms with Gasteiger partial charge in [0.05, 0.1) is 0 Å². The van der Waals surface area contributed by atoms with Crippen molar-refractivity contribution >= 4 is 28.8 Å². The van der Waals surface area contributed by atoms with Crippen LogP contribution in [0.25, 0.3) is 0 Å². The maximum atomic E-state index is 12.5. The minimum absolute atomic E-state index is 0.122. The highest BCUT2D eigenvalue weighted by molar-refractivity contribution is 7.80. The van der Waals surface area contributed by atoms with Crippen molar-refractivity contribution in [2.24, 2.45) is 0 Å². The van der Waals surface area contributed by atoms with Crippen LogP contribution in [0.5, 0.6) is 0 Å². The molecule has 35 heavy (non-hydrogen) atoms. The number of hydrogen-bond donors (Lipinski definition) is 2. The van der Waals surface area contributed by atoms with Crippen molar-refractivity contribution in [3.63, 3.8) is 0 Å². The molecule has 1 rings (SSSR count). The lowest BCUT2D eigenvalue weighted by atomic mass is 10.0. The van der Waals surface area contributed by atoms with E-state index in [0.717, 1.165) is 60.5 Å². The molecule has 0 aliphatic heterocycles. The molecule has 0 unspecified atom stereocenters. The number of thiocarbonyl (C=S) groups is 1. The van der Waals surface area contributed by atoms with E-state index in [1.54, 1.807) is 0 Å². The van der Waals surface area contributed by atoms with Crippen LogP contribution in [-0.4, -0.2) is 17.4 Å². The molecule has 0 spiro atoms. The van der Waals surface area contributed by atoms with E-state index >= 15 is 0 Å². The fourth-order valence-electron chi connectivity index (χ4n) is 4.49. The fourth-order valence-corrected chi connectivity index (χ4v) is 4.72. The van der Waals surface area contributed by atoms with Gasteiger partial charge in [-0.05, 0) is 30.9 Å². The zero-order valence-electron chi connectivity index (χ0n) is 23.2. The summed E-state index contributed by atoms with van der Waals surface area (Å²) in [6.45, 7) is 7.47. The molecular weight excluding hydrogens is 448 g/mol. The Balaban J connectivity index is 2.14. The summed E-state index contributed by atoms with van der Waals surface area (Å²) >= 11 is 5.54. The van der Waals surface area contributed by atoms with Crippen LogP contribution in [0.3, 0.4) is 0 Å². The van der Waals surface area contributed by atoms with Gasteiger partial charge in [0.1, 0.15) is 4.99 Å². The molecule has 1 aromatic rings. The third-order valence-electron chi connectivity index (χ3n) is 6.85. The topological polar surface area (TPSA) is 41.1 Å². The first-order valence-electron chi connectivity index (χ1n) is 14.8. The van der Waals surface area contributed by atoms with E-state index in [0.29, 0.717) is 6.42 Å². The van der Waals surface area contributed by atoms with Gasteiger partial charge in [-0.25, -0.2) is 0 Å². The van der Waals surface area contributed by atoms with E-state index in [1.165, 1.54) is 83.5 Å². The Morgan fingerprint density at radius 3 is 1.74 bits per heavy atom. The summed E-state index contributed by atoms with van der Waals surface area (Å²) in [6, 6.07) is 6.18. The zero-order chi connectivity index (χ0) is 25.6. The van der Waals surface area contributed by atoms with Crippen LogP contribution in [0.4, 0.5) is 5.69 Å². The molecule has 200 valence electrons. The van der Waals surface area contributed by atoms with Crippen LogP contribution >= 0.6 is 12.2 Å². The SMILES string of the molecule is CCCCCCCCCCCCCCCCCC(=O)Nc1cc(C(=S)NCCCC)ccc1CC. The van der Waals surface area contributed by atoms with E-state index < -0.39 is 0 Å². The van der Waals surface area contributed by atoms with Crippen LogP contribution in [0.1, 0.15) is 147 Å². The Hall–Kier alpha value is -1.42. The van der Waals surface area contributed by atoms with Crippen LogP contribution in [0, 0.1) is 0 Å². The molecule has 0 aliphatic rings. The maximum absolute atomic E-state index is 12.5. The number of amides is 1. The predicted molar refractivity (Wildman–Crippen MR) is 159 cm³/mol. The van der Waals surface area contributed by atoms with Crippen LogP contribution in [-0.2, 0) is 11.2 Å². The summed E-state index contributed by atoms with van der Waals surface area (Å²) in [7, 11) is 0. The standard InChI is InChI=1S/C31H54N2OS/c1-4-7-9-10-11-12-13-14-15-16-17-18-19-20-21-22-30(34)33-29-26-28(24-23-27(29)6-3)31(35)32-25-8-5-2/h23-24,26H,4-22,25H2,1-3H3,(H,32,35)(H,33,34). The first-order valence-corrected chi connectivity index (χ1v) is 15.2. The molecule has 0 saturated heterocycles. The van der Waals surface area contributed by atoms with Crippen LogP contribution in [0.2, 0.25) is 0 Å². The Bertz CT molecular complexity index is 689. The van der Waals surface area contributed by atoms with Gasteiger partial charge in [-0.3, -0.25) is 4.79 Å². The summed E-state index contributed by atoms with van der Waals surface area (Å²) < 4.78 is 0. The molecule has 0 atom stereocenters. The van der Waals surface area contributed by atoms with Crippen molar-refractivity contribution in [2.45, 2.75) is 143 Å². The van der Waals surface area contributed by atoms with Crippen molar-refractivity contribution in [3.8, 4) is 0 Å². The molecule has 1 aromatic carbocycles. The molecule has 0 heterocycles. The van der Waals surface area contributed by atoms with Gasteiger partial charge in [0.2, 0.25) is 5.91 Å². The molecule has 0 bridgehead atoms. The third kappa shape index (κ3) is 16.0. The molecule has 1 amide bonds. The highest BCUT2D eigenvalue weighted by Gasteiger charge is 2.09. The molecule has 4 heteroatoms. The molecule has 2 N–H and O–H groups in total. The Morgan fingerprint density at radius 1 is 0.714 bits per heavy atom. The second-order valence-corrected chi connectivity index (χ2v) is 10.5. The molecule has 3 nitrogen and oxygen atoms in total. The quantitative estimate of drug-likeness (QED) is 0.122. The van der Waals surface area contributed by atoms with Gasteiger partial charge in [-0.2, -0.15) is 0 Å². The molecule has 0 radical (unpaired) electrons. The average Bonchev–Trinajstić information content (AvgIpc) is 2.86. The molecular formula is C31H54N2OS.